The van der Waals surface area contributed by atoms with Gasteiger partial charge in [0, 0.05) is 0 Å². The van der Waals surface area contributed by atoms with E-state index in [1.165, 1.54) is 36.0 Å². The Labute approximate surface area is 123 Å². The number of aryl methyl sites for hydroxylation is 2. The molecule has 1 aromatic rings. The number of hydrogen-bond donors (Lipinski definition) is 0. The monoisotopic (exact) mass is 273 g/mol. The first kappa shape index (κ1) is 15.2. The van der Waals surface area contributed by atoms with Crippen molar-refractivity contribution in [3.05, 3.63) is 34.9 Å². The van der Waals surface area contributed by atoms with E-state index < -0.39 is 0 Å². The molecule has 2 heteroatoms. The highest BCUT2D eigenvalue weighted by Crippen LogP contribution is 2.22. The number of carbonyl (C=O) groups excluding carboxylic acids is 1. The topological polar surface area (TPSA) is 20.3 Å². The summed E-state index contributed by atoms with van der Waals surface area (Å²) in [5.41, 5.74) is 3.92. The Morgan fingerprint density at radius 2 is 1.95 bits per heavy atom. The molecule has 0 radical (unpaired) electrons. The molecule has 0 bridgehead atoms. The lowest BCUT2D eigenvalue weighted by atomic mass is 9.92. The zero-order valence-corrected chi connectivity index (χ0v) is 13.1. The number of benzene rings is 1. The lowest BCUT2D eigenvalue weighted by Gasteiger charge is -2.35. The standard InChI is InChI=1S/C18H27NO/c1-4-16-7-9-19(10-8-16)18(13-20)12-17-6-5-14(2)15(3)11-17/h5-6,11,13,16,18H,4,7-10,12H2,1-3H3. The Bertz CT molecular complexity index is 447. The number of likely N-dealkylation sites (tertiary alicyclic amines) is 1. The lowest BCUT2D eigenvalue weighted by Crippen LogP contribution is -2.43. The zero-order valence-electron chi connectivity index (χ0n) is 13.1. The van der Waals surface area contributed by atoms with Gasteiger partial charge in [0.2, 0.25) is 0 Å². The van der Waals surface area contributed by atoms with Crippen LogP contribution in [0.3, 0.4) is 0 Å². The Kier molecular flexibility index (Phi) is 5.36. The summed E-state index contributed by atoms with van der Waals surface area (Å²) in [4.78, 5) is 13.8. The van der Waals surface area contributed by atoms with E-state index in [-0.39, 0.29) is 6.04 Å². The van der Waals surface area contributed by atoms with Crippen molar-refractivity contribution in [1.29, 1.82) is 0 Å². The third kappa shape index (κ3) is 3.69. The Balaban J connectivity index is 1.98. The maximum absolute atomic E-state index is 11.5. The molecule has 0 N–H and O–H groups in total. The molecule has 20 heavy (non-hydrogen) atoms. The fourth-order valence-electron chi connectivity index (χ4n) is 3.13. The van der Waals surface area contributed by atoms with Crippen molar-refractivity contribution in [2.75, 3.05) is 13.1 Å². The summed E-state index contributed by atoms with van der Waals surface area (Å²) in [7, 11) is 0. The van der Waals surface area contributed by atoms with E-state index in [1.54, 1.807) is 0 Å². The number of carbonyl (C=O) groups is 1. The average Bonchev–Trinajstić information content (AvgIpc) is 2.48. The maximum Gasteiger partial charge on any atom is 0.137 e. The van der Waals surface area contributed by atoms with Crippen LogP contribution in [0, 0.1) is 19.8 Å². The van der Waals surface area contributed by atoms with Crippen molar-refractivity contribution >= 4 is 6.29 Å². The molecule has 1 aliphatic rings. The third-order valence-corrected chi connectivity index (χ3v) is 4.87. The van der Waals surface area contributed by atoms with Crippen LogP contribution in [0.15, 0.2) is 18.2 Å². The summed E-state index contributed by atoms with van der Waals surface area (Å²) in [6, 6.07) is 6.60. The molecule has 1 unspecified atom stereocenters. The van der Waals surface area contributed by atoms with Gasteiger partial charge in [-0.15, -0.1) is 0 Å². The number of hydrogen-bond acceptors (Lipinski definition) is 2. The molecule has 1 fully saturated rings. The van der Waals surface area contributed by atoms with Crippen LogP contribution >= 0.6 is 0 Å². The highest BCUT2D eigenvalue weighted by molar-refractivity contribution is 5.58. The second-order valence-corrected chi connectivity index (χ2v) is 6.21. The van der Waals surface area contributed by atoms with Crippen molar-refractivity contribution in [3.63, 3.8) is 0 Å². The van der Waals surface area contributed by atoms with E-state index >= 15 is 0 Å². The van der Waals surface area contributed by atoms with Crippen LogP contribution in [0.25, 0.3) is 0 Å². The van der Waals surface area contributed by atoms with Crippen molar-refractivity contribution < 1.29 is 4.79 Å². The summed E-state index contributed by atoms with van der Waals surface area (Å²) >= 11 is 0. The molecule has 1 saturated heterocycles. The summed E-state index contributed by atoms with van der Waals surface area (Å²) in [5, 5.41) is 0. The van der Waals surface area contributed by atoms with Crippen LogP contribution in [0.1, 0.15) is 42.9 Å². The first-order valence-electron chi connectivity index (χ1n) is 7.89. The largest absolute Gasteiger partial charge is 0.302 e. The van der Waals surface area contributed by atoms with Crippen molar-refractivity contribution in [3.8, 4) is 0 Å². The van der Waals surface area contributed by atoms with E-state index in [0.29, 0.717) is 0 Å². The first-order valence-corrected chi connectivity index (χ1v) is 7.89. The number of rotatable bonds is 5. The molecular weight excluding hydrogens is 246 g/mol. The van der Waals surface area contributed by atoms with Gasteiger partial charge in [0.05, 0.1) is 6.04 Å². The van der Waals surface area contributed by atoms with Crippen molar-refractivity contribution in [1.82, 2.24) is 4.90 Å². The number of piperidine rings is 1. The van der Waals surface area contributed by atoms with E-state index in [0.717, 1.165) is 31.7 Å². The Morgan fingerprint density at radius 1 is 1.25 bits per heavy atom. The van der Waals surface area contributed by atoms with Crippen LogP contribution < -0.4 is 0 Å². The van der Waals surface area contributed by atoms with Crippen LogP contribution in [0.4, 0.5) is 0 Å². The van der Waals surface area contributed by atoms with Gasteiger partial charge in [-0.2, -0.15) is 0 Å². The minimum Gasteiger partial charge on any atom is -0.302 e. The fourth-order valence-corrected chi connectivity index (χ4v) is 3.13. The van der Waals surface area contributed by atoms with Gasteiger partial charge in [0.25, 0.3) is 0 Å². The smallest absolute Gasteiger partial charge is 0.137 e. The highest BCUT2D eigenvalue weighted by atomic mass is 16.1. The third-order valence-electron chi connectivity index (χ3n) is 4.87. The summed E-state index contributed by atoms with van der Waals surface area (Å²) in [6.07, 6.45) is 5.75. The van der Waals surface area contributed by atoms with Crippen LogP contribution in [0.5, 0.6) is 0 Å². The van der Waals surface area contributed by atoms with Crippen molar-refractivity contribution in [2.45, 2.75) is 52.5 Å². The van der Waals surface area contributed by atoms with Gasteiger partial charge in [-0.3, -0.25) is 4.90 Å². The average molecular weight is 273 g/mol. The maximum atomic E-state index is 11.5. The SMILES string of the molecule is CCC1CCN(C(C=O)Cc2ccc(C)c(C)c2)CC1. The number of aldehydes is 1. The molecule has 1 aromatic carbocycles. The minimum atomic E-state index is 0.0508. The van der Waals surface area contributed by atoms with Crippen LogP contribution in [0.2, 0.25) is 0 Å². The molecule has 2 nitrogen and oxygen atoms in total. The summed E-state index contributed by atoms with van der Waals surface area (Å²) in [6.45, 7) is 8.69. The van der Waals surface area contributed by atoms with E-state index in [1.807, 2.05) is 0 Å². The molecule has 0 saturated carbocycles. The summed E-state index contributed by atoms with van der Waals surface area (Å²) in [5.74, 6) is 0.861. The molecule has 1 heterocycles. The molecule has 0 aliphatic carbocycles. The molecule has 0 aromatic heterocycles. The Morgan fingerprint density at radius 3 is 2.50 bits per heavy atom. The van der Waals surface area contributed by atoms with Crippen molar-refractivity contribution in [2.24, 2.45) is 5.92 Å². The van der Waals surface area contributed by atoms with Gasteiger partial charge < -0.3 is 4.79 Å². The summed E-state index contributed by atoms with van der Waals surface area (Å²) < 4.78 is 0. The predicted molar refractivity (Wildman–Crippen MR) is 84.1 cm³/mol. The second-order valence-electron chi connectivity index (χ2n) is 6.21. The first-order chi connectivity index (χ1) is 9.63. The molecule has 2 rings (SSSR count). The van der Waals surface area contributed by atoms with Gasteiger partial charge in [0.1, 0.15) is 6.29 Å². The van der Waals surface area contributed by atoms with Gasteiger partial charge in [-0.25, -0.2) is 0 Å². The predicted octanol–water partition coefficient (Wildman–Crippen LogP) is 3.54. The van der Waals surface area contributed by atoms with E-state index in [9.17, 15) is 4.79 Å². The van der Waals surface area contributed by atoms with Crippen LogP contribution in [-0.4, -0.2) is 30.3 Å². The number of nitrogens with zero attached hydrogens (tertiary/aromatic N) is 1. The van der Waals surface area contributed by atoms with E-state index in [4.69, 9.17) is 0 Å². The van der Waals surface area contributed by atoms with Crippen LogP contribution in [-0.2, 0) is 11.2 Å². The van der Waals surface area contributed by atoms with Gasteiger partial charge >= 0.3 is 0 Å². The molecule has 1 atom stereocenters. The van der Waals surface area contributed by atoms with Gasteiger partial charge in [0.15, 0.2) is 0 Å². The highest BCUT2D eigenvalue weighted by Gasteiger charge is 2.24. The quantitative estimate of drug-likeness (QED) is 0.765. The van der Waals surface area contributed by atoms with Gasteiger partial charge in [-0.1, -0.05) is 31.5 Å². The Hall–Kier alpha value is -1.15. The van der Waals surface area contributed by atoms with Gasteiger partial charge in [-0.05, 0) is 68.8 Å². The molecule has 1 aliphatic heterocycles. The molecule has 110 valence electrons. The fraction of sp³-hybridized carbons (Fsp3) is 0.611. The zero-order chi connectivity index (χ0) is 14.5. The lowest BCUT2D eigenvalue weighted by molar-refractivity contribution is -0.113. The molecule has 0 amide bonds. The minimum absolute atomic E-state index is 0.0508. The molecular formula is C18H27NO. The normalized spacial score (nSPS) is 18.9. The molecule has 0 spiro atoms. The second kappa shape index (κ2) is 7.03. The van der Waals surface area contributed by atoms with E-state index in [2.05, 4.69) is 43.9 Å².